The topological polar surface area (TPSA) is 67.8 Å². The second-order valence-corrected chi connectivity index (χ2v) is 8.14. The summed E-state index contributed by atoms with van der Waals surface area (Å²) in [6.07, 6.45) is 5.65. The standard InChI is InChI=1S/C27H26N4O/c1-18(2)20-8-10-23(11-9-20)31-27(32)21-7-6-19(3)22(15-21)16-26-24(5-4-13-29-26)25-12-14-28-17-30-25/h4-15,17-18H,16H2,1-3H3,(H,31,32). The zero-order chi connectivity index (χ0) is 22.5. The average molecular weight is 423 g/mol. The minimum absolute atomic E-state index is 0.124. The van der Waals surface area contributed by atoms with Crippen LogP contribution in [0, 0.1) is 6.92 Å². The SMILES string of the molecule is Cc1ccc(C(=O)Nc2ccc(C(C)C)cc2)cc1Cc1ncccc1-c1ccncn1. The summed E-state index contributed by atoms with van der Waals surface area (Å²) in [6.45, 7) is 6.35. The zero-order valence-electron chi connectivity index (χ0n) is 18.5. The first-order valence-corrected chi connectivity index (χ1v) is 10.7. The molecule has 0 saturated carbocycles. The van der Waals surface area contributed by atoms with Gasteiger partial charge in [-0.3, -0.25) is 9.78 Å². The largest absolute Gasteiger partial charge is 0.322 e. The molecule has 5 heteroatoms. The third kappa shape index (κ3) is 4.89. The monoisotopic (exact) mass is 422 g/mol. The molecule has 0 spiro atoms. The summed E-state index contributed by atoms with van der Waals surface area (Å²) in [5, 5.41) is 3.00. The van der Waals surface area contributed by atoms with Gasteiger partial charge < -0.3 is 5.32 Å². The molecule has 1 amide bonds. The molecule has 0 bridgehead atoms. The molecule has 0 aliphatic rings. The summed E-state index contributed by atoms with van der Waals surface area (Å²) in [6, 6.07) is 19.6. The van der Waals surface area contributed by atoms with Gasteiger partial charge in [0.2, 0.25) is 0 Å². The zero-order valence-corrected chi connectivity index (χ0v) is 18.5. The van der Waals surface area contributed by atoms with Crippen molar-refractivity contribution < 1.29 is 4.79 Å². The van der Waals surface area contributed by atoms with E-state index in [4.69, 9.17) is 0 Å². The molecule has 4 aromatic rings. The van der Waals surface area contributed by atoms with E-state index in [-0.39, 0.29) is 5.91 Å². The molecule has 0 fully saturated rings. The fourth-order valence-corrected chi connectivity index (χ4v) is 3.60. The Hall–Kier alpha value is -3.86. The predicted octanol–water partition coefficient (Wildman–Crippen LogP) is 5.81. The van der Waals surface area contributed by atoms with Crippen LogP contribution in [0.3, 0.4) is 0 Å². The molecule has 0 saturated heterocycles. The Kier molecular flexibility index (Phi) is 6.36. The van der Waals surface area contributed by atoms with Crippen LogP contribution in [0.15, 0.2) is 79.4 Å². The highest BCUT2D eigenvalue weighted by molar-refractivity contribution is 6.04. The van der Waals surface area contributed by atoms with Crippen LogP contribution >= 0.6 is 0 Å². The van der Waals surface area contributed by atoms with E-state index in [0.29, 0.717) is 17.9 Å². The molecule has 4 rings (SSSR count). The lowest BCUT2D eigenvalue weighted by molar-refractivity contribution is 0.102. The Balaban J connectivity index is 1.57. The summed E-state index contributed by atoms with van der Waals surface area (Å²) < 4.78 is 0. The number of nitrogens with zero attached hydrogens (tertiary/aromatic N) is 3. The van der Waals surface area contributed by atoms with Crippen molar-refractivity contribution in [1.82, 2.24) is 15.0 Å². The van der Waals surface area contributed by atoms with Crippen LogP contribution in [0.1, 0.15) is 52.5 Å². The van der Waals surface area contributed by atoms with Gasteiger partial charge in [0.25, 0.3) is 5.91 Å². The Morgan fingerprint density at radius 1 is 0.969 bits per heavy atom. The second-order valence-electron chi connectivity index (χ2n) is 8.14. The normalized spacial score (nSPS) is 10.9. The maximum atomic E-state index is 12.9. The van der Waals surface area contributed by atoms with Gasteiger partial charge in [-0.05, 0) is 72.0 Å². The molecule has 0 atom stereocenters. The van der Waals surface area contributed by atoms with Gasteiger partial charge in [-0.1, -0.05) is 32.0 Å². The lowest BCUT2D eigenvalue weighted by atomic mass is 9.97. The molecule has 160 valence electrons. The van der Waals surface area contributed by atoms with E-state index in [0.717, 1.165) is 33.8 Å². The summed E-state index contributed by atoms with van der Waals surface area (Å²) in [5.74, 6) is 0.332. The predicted molar refractivity (Wildman–Crippen MR) is 128 cm³/mol. The number of rotatable bonds is 6. The Labute approximate surface area is 188 Å². The van der Waals surface area contributed by atoms with Gasteiger partial charge in [-0.25, -0.2) is 9.97 Å². The van der Waals surface area contributed by atoms with Crippen LogP contribution < -0.4 is 5.32 Å². The fraction of sp³-hybridized carbons (Fsp3) is 0.185. The number of carbonyl (C=O) groups excluding carboxylic acids is 1. The lowest BCUT2D eigenvalue weighted by Gasteiger charge is -2.12. The van der Waals surface area contributed by atoms with Gasteiger partial charge in [0.15, 0.2) is 0 Å². The molecular weight excluding hydrogens is 396 g/mol. The molecule has 2 heterocycles. The minimum Gasteiger partial charge on any atom is -0.322 e. The van der Waals surface area contributed by atoms with Gasteiger partial charge in [0.05, 0.1) is 11.4 Å². The summed E-state index contributed by atoms with van der Waals surface area (Å²) >= 11 is 0. The van der Waals surface area contributed by atoms with Crippen molar-refractivity contribution in [2.24, 2.45) is 0 Å². The van der Waals surface area contributed by atoms with E-state index < -0.39 is 0 Å². The first-order valence-electron chi connectivity index (χ1n) is 10.7. The Morgan fingerprint density at radius 3 is 2.50 bits per heavy atom. The molecule has 2 aromatic carbocycles. The summed E-state index contributed by atoms with van der Waals surface area (Å²) in [5.41, 5.74) is 7.54. The van der Waals surface area contributed by atoms with Crippen molar-refractivity contribution in [1.29, 1.82) is 0 Å². The third-order valence-corrected chi connectivity index (χ3v) is 5.55. The van der Waals surface area contributed by atoms with Crippen LogP contribution in [-0.2, 0) is 6.42 Å². The number of aromatic nitrogens is 3. The molecule has 0 aliphatic heterocycles. The number of aryl methyl sites for hydroxylation is 1. The number of anilines is 1. The Bertz CT molecular complexity index is 1220. The molecule has 0 radical (unpaired) electrons. The molecule has 0 unspecified atom stereocenters. The quantitative estimate of drug-likeness (QED) is 0.425. The van der Waals surface area contributed by atoms with Crippen LogP contribution in [0.2, 0.25) is 0 Å². The Morgan fingerprint density at radius 2 is 1.78 bits per heavy atom. The maximum absolute atomic E-state index is 12.9. The third-order valence-electron chi connectivity index (χ3n) is 5.55. The number of carbonyl (C=O) groups is 1. The van der Waals surface area contributed by atoms with Crippen molar-refractivity contribution in [3.63, 3.8) is 0 Å². The average Bonchev–Trinajstić information content (AvgIpc) is 2.81. The summed E-state index contributed by atoms with van der Waals surface area (Å²) in [4.78, 5) is 25.9. The summed E-state index contributed by atoms with van der Waals surface area (Å²) in [7, 11) is 0. The van der Waals surface area contributed by atoms with Gasteiger partial charge in [-0.15, -0.1) is 0 Å². The fourth-order valence-electron chi connectivity index (χ4n) is 3.60. The smallest absolute Gasteiger partial charge is 0.255 e. The lowest BCUT2D eigenvalue weighted by Crippen LogP contribution is -2.12. The van der Waals surface area contributed by atoms with Crippen LogP contribution in [0.4, 0.5) is 5.69 Å². The van der Waals surface area contributed by atoms with E-state index in [1.807, 2.05) is 48.5 Å². The van der Waals surface area contributed by atoms with Gasteiger partial charge >= 0.3 is 0 Å². The molecule has 0 aliphatic carbocycles. The van der Waals surface area contributed by atoms with Crippen LogP contribution in [0.5, 0.6) is 0 Å². The number of pyridine rings is 1. The number of nitrogens with one attached hydrogen (secondary N) is 1. The number of amides is 1. The van der Waals surface area contributed by atoms with Gasteiger partial charge in [-0.2, -0.15) is 0 Å². The molecule has 5 nitrogen and oxygen atoms in total. The van der Waals surface area contributed by atoms with Crippen molar-refractivity contribution in [3.8, 4) is 11.3 Å². The van der Waals surface area contributed by atoms with Gasteiger partial charge in [0, 0.05) is 35.6 Å². The highest BCUT2D eigenvalue weighted by Gasteiger charge is 2.13. The van der Waals surface area contributed by atoms with Crippen LogP contribution in [-0.4, -0.2) is 20.9 Å². The highest BCUT2D eigenvalue weighted by atomic mass is 16.1. The molecule has 2 aromatic heterocycles. The van der Waals surface area contributed by atoms with E-state index in [9.17, 15) is 4.79 Å². The van der Waals surface area contributed by atoms with Gasteiger partial charge in [0.1, 0.15) is 6.33 Å². The molecule has 32 heavy (non-hydrogen) atoms. The van der Waals surface area contributed by atoms with E-state index in [2.05, 4.69) is 53.2 Å². The second kappa shape index (κ2) is 9.52. The minimum atomic E-state index is -0.124. The van der Waals surface area contributed by atoms with E-state index >= 15 is 0 Å². The number of hydrogen-bond acceptors (Lipinski definition) is 4. The highest BCUT2D eigenvalue weighted by Crippen LogP contribution is 2.24. The maximum Gasteiger partial charge on any atom is 0.255 e. The van der Waals surface area contributed by atoms with Crippen LogP contribution in [0.25, 0.3) is 11.3 Å². The van der Waals surface area contributed by atoms with Crippen molar-refractivity contribution in [2.75, 3.05) is 5.32 Å². The van der Waals surface area contributed by atoms with E-state index in [1.54, 1.807) is 12.4 Å². The first kappa shape index (κ1) is 21.4. The number of benzene rings is 2. The number of hydrogen-bond donors (Lipinski definition) is 1. The first-order chi connectivity index (χ1) is 15.5. The van der Waals surface area contributed by atoms with E-state index in [1.165, 1.54) is 11.9 Å². The molecule has 1 N–H and O–H groups in total. The molecular formula is C27H26N4O. The van der Waals surface area contributed by atoms with Crippen molar-refractivity contribution in [2.45, 2.75) is 33.1 Å². The van der Waals surface area contributed by atoms with Crippen molar-refractivity contribution in [3.05, 3.63) is 107 Å². The van der Waals surface area contributed by atoms with Crippen molar-refractivity contribution >= 4 is 11.6 Å².